The van der Waals surface area contributed by atoms with Crippen LogP contribution in [0.5, 0.6) is 0 Å². The first kappa shape index (κ1) is 18.5. The Hall–Kier alpha value is -2.80. The Bertz CT molecular complexity index is 839. The first-order chi connectivity index (χ1) is 12.0. The minimum atomic E-state index is 1.07. The summed E-state index contributed by atoms with van der Waals surface area (Å²) in [5.74, 6) is 0. The van der Waals surface area contributed by atoms with Gasteiger partial charge in [-0.2, -0.15) is 0 Å². The van der Waals surface area contributed by atoms with Gasteiger partial charge in [0.2, 0.25) is 0 Å². The lowest BCUT2D eigenvalue weighted by Crippen LogP contribution is -2.05. The summed E-state index contributed by atoms with van der Waals surface area (Å²) in [4.78, 5) is 0. The zero-order valence-electron chi connectivity index (χ0n) is 15.7. The maximum atomic E-state index is 4.13. The average molecular weight is 329 g/mol. The fraction of sp³-hybridized carbons (Fsp3) is 0.167. The highest BCUT2D eigenvalue weighted by Gasteiger charge is 2.14. The van der Waals surface area contributed by atoms with Crippen LogP contribution in [0.4, 0.5) is 0 Å². The molecule has 0 aromatic heterocycles. The quantitative estimate of drug-likeness (QED) is 0.602. The Morgan fingerprint density at radius 3 is 2.36 bits per heavy atom. The van der Waals surface area contributed by atoms with E-state index in [4.69, 9.17) is 0 Å². The van der Waals surface area contributed by atoms with E-state index in [-0.39, 0.29) is 0 Å². The summed E-state index contributed by atoms with van der Waals surface area (Å²) in [6, 6.07) is 8.41. The van der Waals surface area contributed by atoms with Gasteiger partial charge < -0.3 is 5.32 Å². The number of hydrogen-bond donors (Lipinski definition) is 1. The summed E-state index contributed by atoms with van der Waals surface area (Å²) in [7, 11) is 0. The summed E-state index contributed by atoms with van der Waals surface area (Å²) < 4.78 is 0. The molecule has 0 amide bonds. The second-order valence-corrected chi connectivity index (χ2v) is 6.22. The number of hydrogen-bond acceptors (Lipinski definition) is 1. The van der Waals surface area contributed by atoms with Gasteiger partial charge in [0.1, 0.15) is 0 Å². The Morgan fingerprint density at radius 1 is 1.12 bits per heavy atom. The number of benzene rings is 1. The van der Waals surface area contributed by atoms with Crippen LogP contribution in [-0.2, 0) is 0 Å². The zero-order chi connectivity index (χ0) is 18.4. The fourth-order valence-electron chi connectivity index (χ4n) is 3.10. The summed E-state index contributed by atoms with van der Waals surface area (Å²) in [6.07, 6.45) is 12.3. The van der Waals surface area contributed by atoms with Crippen molar-refractivity contribution < 1.29 is 0 Å². The van der Waals surface area contributed by atoms with Crippen molar-refractivity contribution in [1.82, 2.24) is 5.32 Å². The Kier molecular flexibility index (Phi) is 6.19. The molecular formula is C24H27N. The molecule has 1 heterocycles. The van der Waals surface area contributed by atoms with Crippen molar-refractivity contribution in [2.45, 2.75) is 27.7 Å². The molecule has 1 heteroatoms. The van der Waals surface area contributed by atoms with Crippen molar-refractivity contribution in [2.24, 2.45) is 0 Å². The lowest BCUT2D eigenvalue weighted by molar-refractivity contribution is 1.11. The molecule has 0 spiro atoms. The topological polar surface area (TPSA) is 12.0 Å². The molecule has 0 unspecified atom stereocenters. The minimum absolute atomic E-state index is 1.07. The van der Waals surface area contributed by atoms with Crippen LogP contribution in [0.1, 0.15) is 38.8 Å². The molecule has 0 bridgehead atoms. The van der Waals surface area contributed by atoms with Crippen LogP contribution in [0.3, 0.4) is 0 Å². The third-order valence-electron chi connectivity index (χ3n) is 4.38. The van der Waals surface area contributed by atoms with E-state index < -0.39 is 0 Å². The molecule has 0 atom stereocenters. The molecule has 2 rings (SSSR count). The van der Waals surface area contributed by atoms with Gasteiger partial charge in [-0.3, -0.25) is 0 Å². The van der Waals surface area contributed by atoms with E-state index in [1.165, 1.54) is 33.4 Å². The Morgan fingerprint density at radius 2 is 1.80 bits per heavy atom. The number of dihydropyridines is 1. The average Bonchev–Trinajstić information content (AvgIpc) is 2.62. The third kappa shape index (κ3) is 4.00. The molecule has 1 aliphatic heterocycles. The van der Waals surface area contributed by atoms with Gasteiger partial charge >= 0.3 is 0 Å². The van der Waals surface area contributed by atoms with Gasteiger partial charge in [-0.15, -0.1) is 0 Å². The molecule has 1 aromatic carbocycles. The first-order valence-corrected chi connectivity index (χ1v) is 8.57. The van der Waals surface area contributed by atoms with Crippen molar-refractivity contribution in [3.05, 3.63) is 108 Å². The number of rotatable bonds is 5. The SMILES string of the molecule is C=CC(=C(C)c1ccccc1C(=C)C)C(/C=C\C)=C1/C=CNC=C1C. The highest BCUT2D eigenvalue weighted by Crippen LogP contribution is 2.33. The molecule has 1 aromatic rings. The van der Waals surface area contributed by atoms with Crippen molar-refractivity contribution in [3.63, 3.8) is 0 Å². The molecule has 0 saturated carbocycles. The van der Waals surface area contributed by atoms with Crippen molar-refractivity contribution in [3.8, 4) is 0 Å². The van der Waals surface area contributed by atoms with Crippen LogP contribution in [0.2, 0.25) is 0 Å². The summed E-state index contributed by atoms with van der Waals surface area (Å²) in [5.41, 5.74) is 9.38. The van der Waals surface area contributed by atoms with Crippen LogP contribution in [0.25, 0.3) is 11.1 Å². The first-order valence-electron chi connectivity index (χ1n) is 8.57. The predicted octanol–water partition coefficient (Wildman–Crippen LogP) is 6.57. The maximum Gasteiger partial charge on any atom is 0.00401 e. The van der Waals surface area contributed by atoms with E-state index in [2.05, 4.69) is 74.8 Å². The maximum absolute atomic E-state index is 4.13. The lowest BCUT2D eigenvalue weighted by Gasteiger charge is -2.18. The smallest absolute Gasteiger partial charge is 0.00401 e. The molecule has 0 radical (unpaired) electrons. The van der Waals surface area contributed by atoms with Gasteiger partial charge in [-0.1, -0.05) is 61.2 Å². The summed E-state index contributed by atoms with van der Waals surface area (Å²) >= 11 is 0. The fourth-order valence-corrected chi connectivity index (χ4v) is 3.10. The highest BCUT2D eigenvalue weighted by molar-refractivity contribution is 5.83. The molecule has 0 aliphatic carbocycles. The van der Waals surface area contributed by atoms with E-state index in [0.717, 1.165) is 11.1 Å². The number of allylic oxidation sites excluding steroid dienone is 10. The second-order valence-electron chi connectivity index (χ2n) is 6.22. The molecule has 128 valence electrons. The van der Waals surface area contributed by atoms with Gasteiger partial charge in [0, 0.05) is 12.4 Å². The largest absolute Gasteiger partial charge is 0.367 e. The molecule has 1 nitrogen and oxygen atoms in total. The van der Waals surface area contributed by atoms with Crippen LogP contribution in [-0.4, -0.2) is 0 Å². The summed E-state index contributed by atoms with van der Waals surface area (Å²) in [5, 5.41) is 3.15. The van der Waals surface area contributed by atoms with Crippen LogP contribution >= 0.6 is 0 Å². The van der Waals surface area contributed by atoms with Gasteiger partial charge in [-0.25, -0.2) is 0 Å². The van der Waals surface area contributed by atoms with Gasteiger partial charge in [0.25, 0.3) is 0 Å². The zero-order valence-corrected chi connectivity index (χ0v) is 15.7. The van der Waals surface area contributed by atoms with Gasteiger partial charge in [0.05, 0.1) is 0 Å². The minimum Gasteiger partial charge on any atom is -0.367 e. The van der Waals surface area contributed by atoms with Crippen LogP contribution < -0.4 is 5.32 Å². The van der Waals surface area contributed by atoms with Crippen molar-refractivity contribution in [1.29, 1.82) is 0 Å². The normalized spacial score (nSPS) is 16.9. The van der Waals surface area contributed by atoms with Crippen LogP contribution in [0, 0.1) is 0 Å². The summed E-state index contributed by atoms with van der Waals surface area (Å²) in [6.45, 7) is 16.6. The van der Waals surface area contributed by atoms with Crippen LogP contribution in [0.15, 0.2) is 96.4 Å². The van der Waals surface area contributed by atoms with E-state index in [1.807, 2.05) is 32.3 Å². The molecule has 25 heavy (non-hydrogen) atoms. The Labute approximate surface area is 152 Å². The highest BCUT2D eigenvalue weighted by atomic mass is 14.8. The number of nitrogens with one attached hydrogen (secondary N) is 1. The van der Waals surface area contributed by atoms with Crippen molar-refractivity contribution in [2.75, 3.05) is 0 Å². The molecule has 1 aliphatic rings. The monoisotopic (exact) mass is 329 g/mol. The van der Waals surface area contributed by atoms with Gasteiger partial charge in [-0.05, 0) is 72.8 Å². The van der Waals surface area contributed by atoms with Gasteiger partial charge in [0.15, 0.2) is 0 Å². The van der Waals surface area contributed by atoms with E-state index in [0.29, 0.717) is 0 Å². The van der Waals surface area contributed by atoms with E-state index in [9.17, 15) is 0 Å². The van der Waals surface area contributed by atoms with E-state index >= 15 is 0 Å². The molecule has 0 saturated heterocycles. The predicted molar refractivity (Wildman–Crippen MR) is 112 cm³/mol. The molecular weight excluding hydrogens is 302 g/mol. The Balaban J connectivity index is 2.77. The van der Waals surface area contributed by atoms with Crippen molar-refractivity contribution >= 4 is 11.1 Å². The molecule has 1 N–H and O–H groups in total. The van der Waals surface area contributed by atoms with E-state index in [1.54, 1.807) is 0 Å². The second kappa shape index (κ2) is 8.34. The third-order valence-corrected chi connectivity index (χ3v) is 4.38. The standard InChI is InChI=1S/C24H27N/c1-7-11-24(22-14-15-25-16-18(22)5)20(8-2)19(6)23-13-10-9-12-21(23)17(3)4/h7-16,25H,2-3H2,1,4-6H3/b11-7-,20-19?,24-22-. The molecule has 0 fully saturated rings. The lowest BCUT2D eigenvalue weighted by atomic mass is 9.87.